The number of ether oxygens (including phenoxy) is 1. The lowest BCUT2D eigenvalue weighted by molar-refractivity contribution is -0.268. The van der Waals surface area contributed by atoms with Crippen molar-refractivity contribution in [3.63, 3.8) is 0 Å². The Kier molecular flexibility index (Phi) is 3.02. The molecule has 3 nitrogen and oxygen atoms in total. The summed E-state index contributed by atoms with van der Waals surface area (Å²) in [6.07, 6.45) is 0. The molecular weight excluding hydrogens is 238 g/mol. The van der Waals surface area contributed by atoms with Gasteiger partial charge in [0.25, 0.3) is 0 Å². The van der Waals surface area contributed by atoms with E-state index in [1.807, 2.05) is 36.4 Å². The van der Waals surface area contributed by atoms with E-state index in [9.17, 15) is 5.11 Å². The van der Waals surface area contributed by atoms with Crippen molar-refractivity contribution < 1.29 is 9.84 Å². The molecule has 0 aliphatic carbocycles. The fraction of sp³-hybridized carbons (Fsp3) is 0.0625. The summed E-state index contributed by atoms with van der Waals surface area (Å²) in [4.78, 5) is 4.52. The molecule has 3 rings (SSSR count). The topological polar surface area (TPSA) is 45.2 Å². The van der Waals surface area contributed by atoms with Crippen molar-refractivity contribution in [2.24, 2.45) is 0 Å². The summed E-state index contributed by atoms with van der Waals surface area (Å²) in [5.41, 5.74) is 1.82. The molecule has 0 unspecified atom stereocenters. The summed E-state index contributed by atoms with van der Waals surface area (Å²) in [7, 11) is 0. The summed E-state index contributed by atoms with van der Waals surface area (Å²) >= 11 is 0. The van der Waals surface area contributed by atoms with Crippen LogP contribution in [0.2, 0.25) is 0 Å². The van der Waals surface area contributed by atoms with E-state index >= 15 is 0 Å². The van der Waals surface area contributed by atoms with Crippen LogP contribution >= 0.6 is 0 Å². The summed E-state index contributed by atoms with van der Waals surface area (Å²) in [6.45, 7) is 0.392. The zero-order valence-corrected chi connectivity index (χ0v) is 10.2. The average molecular weight is 250 g/mol. The van der Waals surface area contributed by atoms with Gasteiger partial charge in [0.15, 0.2) is 0 Å². The van der Waals surface area contributed by atoms with E-state index < -0.39 is 0 Å². The molecule has 0 saturated heterocycles. The predicted molar refractivity (Wildman–Crippen MR) is 72.0 cm³/mol. The second-order valence-corrected chi connectivity index (χ2v) is 4.26. The molecule has 3 heteroatoms. The number of hydrogen-bond donors (Lipinski definition) is 0. The number of pyridine rings is 1. The number of benzene rings is 2. The van der Waals surface area contributed by atoms with Gasteiger partial charge in [0, 0.05) is 5.39 Å². The van der Waals surface area contributed by atoms with Gasteiger partial charge in [0.05, 0.1) is 11.2 Å². The van der Waals surface area contributed by atoms with Gasteiger partial charge in [0.1, 0.15) is 12.4 Å². The van der Waals surface area contributed by atoms with Crippen LogP contribution in [0.5, 0.6) is 11.5 Å². The van der Waals surface area contributed by atoms with Crippen molar-refractivity contribution >= 4 is 10.9 Å². The Morgan fingerprint density at radius 2 is 1.68 bits per heavy atom. The molecule has 0 bridgehead atoms. The third kappa shape index (κ3) is 2.65. The van der Waals surface area contributed by atoms with Gasteiger partial charge in [-0.25, -0.2) is 4.98 Å². The highest BCUT2D eigenvalue weighted by Gasteiger charge is 1.99. The van der Waals surface area contributed by atoms with E-state index in [1.165, 1.54) is 12.1 Å². The fourth-order valence-corrected chi connectivity index (χ4v) is 1.88. The fourth-order valence-electron chi connectivity index (χ4n) is 1.88. The Morgan fingerprint density at radius 3 is 2.53 bits per heavy atom. The van der Waals surface area contributed by atoms with E-state index in [0.717, 1.165) is 16.6 Å². The molecule has 0 N–H and O–H groups in total. The van der Waals surface area contributed by atoms with Crippen molar-refractivity contribution in [3.05, 3.63) is 66.4 Å². The lowest BCUT2D eigenvalue weighted by atomic mass is 10.2. The largest absolute Gasteiger partial charge is 0.872 e. The van der Waals surface area contributed by atoms with Crippen LogP contribution in [0.4, 0.5) is 0 Å². The summed E-state index contributed by atoms with van der Waals surface area (Å²) in [5, 5.41) is 12.1. The number of rotatable bonds is 3. The number of nitrogens with zero attached hydrogens (tertiary/aromatic N) is 1. The normalized spacial score (nSPS) is 10.5. The highest BCUT2D eigenvalue weighted by Crippen LogP contribution is 2.16. The quantitative estimate of drug-likeness (QED) is 0.718. The lowest BCUT2D eigenvalue weighted by Gasteiger charge is -2.09. The number of fused-ring (bicyclic) bond motifs is 1. The van der Waals surface area contributed by atoms with Crippen molar-refractivity contribution in [2.45, 2.75) is 6.61 Å². The number of hydrogen-bond acceptors (Lipinski definition) is 3. The van der Waals surface area contributed by atoms with Gasteiger partial charge in [-0.2, -0.15) is 0 Å². The molecule has 1 heterocycles. The van der Waals surface area contributed by atoms with Gasteiger partial charge in [-0.15, -0.1) is 5.75 Å². The van der Waals surface area contributed by atoms with E-state index in [2.05, 4.69) is 4.98 Å². The Morgan fingerprint density at radius 1 is 0.895 bits per heavy atom. The molecule has 0 radical (unpaired) electrons. The molecule has 94 valence electrons. The van der Waals surface area contributed by atoms with Gasteiger partial charge in [0.2, 0.25) is 0 Å². The van der Waals surface area contributed by atoms with Crippen LogP contribution in [-0.4, -0.2) is 4.98 Å². The molecule has 19 heavy (non-hydrogen) atoms. The predicted octanol–water partition coefficient (Wildman–Crippen LogP) is 2.89. The van der Waals surface area contributed by atoms with Crippen molar-refractivity contribution in [3.8, 4) is 11.5 Å². The molecule has 3 aromatic rings. The number of aromatic nitrogens is 1. The van der Waals surface area contributed by atoms with Crippen molar-refractivity contribution in [2.75, 3.05) is 0 Å². The summed E-state index contributed by atoms with van der Waals surface area (Å²) < 4.78 is 5.59. The molecule has 0 aliphatic rings. The van der Waals surface area contributed by atoms with Gasteiger partial charge in [-0.1, -0.05) is 36.4 Å². The highest BCUT2D eigenvalue weighted by molar-refractivity contribution is 5.78. The lowest BCUT2D eigenvalue weighted by Crippen LogP contribution is -1.98. The van der Waals surface area contributed by atoms with Crippen LogP contribution in [0.15, 0.2) is 60.7 Å². The Hall–Kier alpha value is -2.55. The van der Waals surface area contributed by atoms with E-state index in [1.54, 1.807) is 12.1 Å². The van der Waals surface area contributed by atoms with E-state index in [0.29, 0.717) is 12.4 Å². The van der Waals surface area contributed by atoms with Crippen LogP contribution in [0, 0.1) is 0 Å². The minimum absolute atomic E-state index is 0.0174. The maximum absolute atomic E-state index is 11.0. The van der Waals surface area contributed by atoms with Gasteiger partial charge in [-0.3, -0.25) is 0 Å². The van der Waals surface area contributed by atoms with Gasteiger partial charge in [-0.05, 0) is 24.3 Å². The molecule has 0 amide bonds. The Balaban J connectivity index is 1.76. The third-order valence-corrected chi connectivity index (χ3v) is 2.87. The zero-order chi connectivity index (χ0) is 13.1. The summed E-state index contributed by atoms with van der Waals surface area (Å²) in [6, 6.07) is 18.3. The number of para-hydroxylation sites is 1. The van der Waals surface area contributed by atoms with Crippen LogP contribution in [0.3, 0.4) is 0 Å². The molecule has 0 aliphatic heterocycles. The van der Waals surface area contributed by atoms with Crippen LogP contribution in [0.1, 0.15) is 5.69 Å². The average Bonchev–Trinajstić information content (AvgIpc) is 2.46. The maximum Gasteiger partial charge on any atom is 0.130 e. The molecule has 0 saturated carbocycles. The molecule has 0 atom stereocenters. The second kappa shape index (κ2) is 4.98. The van der Waals surface area contributed by atoms with E-state index in [4.69, 9.17) is 4.74 Å². The smallest absolute Gasteiger partial charge is 0.130 e. The molecule has 0 fully saturated rings. The molecular formula is C16H12NO2-. The van der Waals surface area contributed by atoms with Crippen molar-refractivity contribution in [1.82, 2.24) is 4.98 Å². The van der Waals surface area contributed by atoms with Crippen molar-refractivity contribution in [1.29, 1.82) is 0 Å². The first-order chi connectivity index (χ1) is 9.31. The summed E-state index contributed by atoms with van der Waals surface area (Å²) in [5.74, 6) is 0.658. The standard InChI is InChI=1S/C16H13NO2/c18-14-7-9-15(10-8-14)19-11-13-6-5-12-3-1-2-4-16(12)17-13/h1-10,18H,11H2/p-1. The SMILES string of the molecule is [O-]c1ccc(OCc2ccc3ccccc3n2)cc1. The Bertz CT molecular complexity index is 692. The minimum atomic E-state index is -0.0174. The molecule has 2 aromatic carbocycles. The zero-order valence-electron chi connectivity index (χ0n) is 10.2. The first-order valence-electron chi connectivity index (χ1n) is 6.06. The Labute approximate surface area is 111 Å². The molecule has 1 aromatic heterocycles. The van der Waals surface area contributed by atoms with E-state index in [-0.39, 0.29) is 5.75 Å². The monoisotopic (exact) mass is 250 g/mol. The van der Waals surface area contributed by atoms with Crippen LogP contribution in [-0.2, 0) is 6.61 Å². The first kappa shape index (κ1) is 11.5. The first-order valence-corrected chi connectivity index (χ1v) is 6.06. The maximum atomic E-state index is 11.0. The van der Waals surface area contributed by atoms with Crippen LogP contribution in [0.25, 0.3) is 10.9 Å². The van der Waals surface area contributed by atoms with Gasteiger partial charge >= 0.3 is 0 Å². The third-order valence-electron chi connectivity index (χ3n) is 2.87. The highest BCUT2D eigenvalue weighted by atomic mass is 16.5. The van der Waals surface area contributed by atoms with Crippen LogP contribution < -0.4 is 9.84 Å². The molecule has 0 spiro atoms. The minimum Gasteiger partial charge on any atom is -0.872 e. The second-order valence-electron chi connectivity index (χ2n) is 4.26. The van der Waals surface area contributed by atoms with Gasteiger partial charge < -0.3 is 9.84 Å².